The van der Waals surface area contributed by atoms with Gasteiger partial charge in [-0.2, -0.15) is 0 Å². The lowest BCUT2D eigenvalue weighted by Gasteiger charge is -2.08. The van der Waals surface area contributed by atoms with Gasteiger partial charge in [-0.3, -0.25) is 9.59 Å². The number of rotatable bonds is 5. The van der Waals surface area contributed by atoms with E-state index in [1.165, 1.54) is 0 Å². The van der Waals surface area contributed by atoms with Gasteiger partial charge in [-0.1, -0.05) is 24.3 Å². The van der Waals surface area contributed by atoms with E-state index >= 15 is 0 Å². The number of fused-ring (bicyclic) bond motifs is 1. The summed E-state index contributed by atoms with van der Waals surface area (Å²) in [5.74, 6) is 0.320. The first-order chi connectivity index (χ1) is 11.7. The molecule has 6 heteroatoms. The third kappa shape index (κ3) is 3.43. The number of hydrogen-bond donors (Lipinski definition) is 2. The van der Waals surface area contributed by atoms with Crippen molar-refractivity contribution in [3.05, 3.63) is 70.3 Å². The molecule has 0 saturated carbocycles. The van der Waals surface area contributed by atoms with Crippen LogP contribution in [0.3, 0.4) is 0 Å². The van der Waals surface area contributed by atoms with E-state index in [0.29, 0.717) is 24.1 Å². The SMILES string of the molecule is CCOc1cccc(CNC(=O)c2nc3ccccc3c(=O)[nH]2)c1. The van der Waals surface area contributed by atoms with Gasteiger partial charge in [-0.15, -0.1) is 0 Å². The van der Waals surface area contributed by atoms with Crippen molar-refractivity contribution in [1.82, 2.24) is 15.3 Å². The third-order valence-electron chi connectivity index (χ3n) is 3.49. The van der Waals surface area contributed by atoms with Gasteiger partial charge in [-0.25, -0.2) is 4.98 Å². The number of benzene rings is 2. The van der Waals surface area contributed by atoms with Crippen LogP contribution in [-0.4, -0.2) is 22.5 Å². The van der Waals surface area contributed by atoms with Crippen molar-refractivity contribution in [2.75, 3.05) is 6.61 Å². The van der Waals surface area contributed by atoms with Crippen molar-refractivity contribution >= 4 is 16.8 Å². The van der Waals surface area contributed by atoms with E-state index in [1.807, 2.05) is 31.2 Å². The zero-order valence-corrected chi connectivity index (χ0v) is 13.2. The van der Waals surface area contributed by atoms with Crippen LogP contribution in [0.4, 0.5) is 0 Å². The smallest absolute Gasteiger partial charge is 0.287 e. The Balaban J connectivity index is 1.76. The fourth-order valence-electron chi connectivity index (χ4n) is 2.37. The molecule has 0 aliphatic carbocycles. The van der Waals surface area contributed by atoms with Gasteiger partial charge in [0.2, 0.25) is 0 Å². The van der Waals surface area contributed by atoms with E-state index in [2.05, 4.69) is 15.3 Å². The van der Waals surface area contributed by atoms with Gasteiger partial charge in [0, 0.05) is 6.54 Å². The molecule has 3 rings (SSSR count). The largest absolute Gasteiger partial charge is 0.494 e. The molecule has 0 spiro atoms. The molecule has 6 nitrogen and oxygen atoms in total. The van der Waals surface area contributed by atoms with Crippen molar-refractivity contribution in [3.63, 3.8) is 0 Å². The third-order valence-corrected chi connectivity index (χ3v) is 3.49. The van der Waals surface area contributed by atoms with Gasteiger partial charge >= 0.3 is 0 Å². The van der Waals surface area contributed by atoms with Crippen molar-refractivity contribution < 1.29 is 9.53 Å². The summed E-state index contributed by atoms with van der Waals surface area (Å²) in [5, 5.41) is 3.21. The predicted octanol–water partition coefficient (Wildman–Crippen LogP) is 2.25. The quantitative estimate of drug-likeness (QED) is 0.754. The summed E-state index contributed by atoms with van der Waals surface area (Å²) in [7, 11) is 0. The van der Waals surface area contributed by atoms with Gasteiger partial charge in [-0.05, 0) is 36.8 Å². The zero-order chi connectivity index (χ0) is 16.9. The number of H-pyrrole nitrogens is 1. The van der Waals surface area contributed by atoms with Crippen LogP contribution in [0, 0.1) is 0 Å². The number of para-hydroxylation sites is 1. The number of nitrogens with one attached hydrogen (secondary N) is 2. The van der Waals surface area contributed by atoms with Crippen LogP contribution in [-0.2, 0) is 6.54 Å². The van der Waals surface area contributed by atoms with E-state index in [1.54, 1.807) is 24.3 Å². The number of carbonyl (C=O) groups excluding carboxylic acids is 1. The standard InChI is InChI=1S/C18H17N3O3/c1-2-24-13-7-5-6-12(10-13)11-19-18(23)16-20-15-9-4-3-8-14(15)17(22)21-16/h3-10H,2,11H2,1H3,(H,19,23)(H,20,21,22). The second kappa shape index (κ2) is 6.95. The molecule has 1 aromatic heterocycles. The monoisotopic (exact) mass is 323 g/mol. The highest BCUT2D eigenvalue weighted by Gasteiger charge is 2.11. The van der Waals surface area contributed by atoms with Gasteiger partial charge in [0.25, 0.3) is 11.5 Å². The van der Waals surface area contributed by atoms with Crippen molar-refractivity contribution in [3.8, 4) is 5.75 Å². The van der Waals surface area contributed by atoms with Crippen molar-refractivity contribution in [2.45, 2.75) is 13.5 Å². The molecule has 0 radical (unpaired) electrons. The number of ether oxygens (including phenoxy) is 1. The van der Waals surface area contributed by atoms with E-state index in [0.717, 1.165) is 11.3 Å². The fourth-order valence-corrected chi connectivity index (χ4v) is 2.37. The molecule has 1 amide bonds. The maximum Gasteiger partial charge on any atom is 0.287 e. The first-order valence-electron chi connectivity index (χ1n) is 7.66. The Morgan fingerprint density at radius 3 is 2.88 bits per heavy atom. The van der Waals surface area contributed by atoms with E-state index in [4.69, 9.17) is 4.74 Å². The molecule has 0 aliphatic heterocycles. The topological polar surface area (TPSA) is 84.1 Å². The molecule has 3 aromatic rings. The van der Waals surface area contributed by atoms with E-state index < -0.39 is 5.91 Å². The first kappa shape index (κ1) is 15.7. The second-order valence-corrected chi connectivity index (χ2v) is 5.19. The lowest BCUT2D eigenvalue weighted by Crippen LogP contribution is -2.27. The molecule has 0 aliphatic rings. The molecule has 2 aromatic carbocycles. The highest BCUT2D eigenvalue weighted by atomic mass is 16.5. The highest BCUT2D eigenvalue weighted by Crippen LogP contribution is 2.13. The highest BCUT2D eigenvalue weighted by molar-refractivity contribution is 5.92. The van der Waals surface area contributed by atoms with Crippen LogP contribution in [0.1, 0.15) is 23.1 Å². The maximum atomic E-state index is 12.2. The minimum Gasteiger partial charge on any atom is -0.494 e. The molecule has 2 N–H and O–H groups in total. The Morgan fingerprint density at radius 1 is 1.21 bits per heavy atom. The Morgan fingerprint density at radius 2 is 2.04 bits per heavy atom. The summed E-state index contributed by atoms with van der Waals surface area (Å²) in [6.45, 7) is 2.81. The second-order valence-electron chi connectivity index (χ2n) is 5.19. The summed E-state index contributed by atoms with van der Waals surface area (Å²) in [4.78, 5) is 31.0. The average molecular weight is 323 g/mol. The van der Waals surface area contributed by atoms with Crippen LogP contribution in [0.15, 0.2) is 53.3 Å². The summed E-state index contributed by atoms with van der Waals surface area (Å²) < 4.78 is 5.43. The molecular formula is C18H17N3O3. The van der Waals surface area contributed by atoms with Gasteiger partial charge in [0.15, 0.2) is 5.82 Å². The van der Waals surface area contributed by atoms with Crippen LogP contribution in [0.25, 0.3) is 10.9 Å². The minimum atomic E-state index is -0.431. The normalized spacial score (nSPS) is 10.5. The Labute approximate surface area is 138 Å². The molecule has 0 fully saturated rings. The lowest BCUT2D eigenvalue weighted by atomic mass is 10.2. The maximum absolute atomic E-state index is 12.2. The molecule has 122 valence electrons. The van der Waals surface area contributed by atoms with Crippen LogP contribution in [0.5, 0.6) is 5.75 Å². The number of aromatic nitrogens is 2. The fraction of sp³-hybridized carbons (Fsp3) is 0.167. The Hall–Kier alpha value is -3.15. The molecule has 0 bridgehead atoms. The molecular weight excluding hydrogens is 306 g/mol. The van der Waals surface area contributed by atoms with Crippen LogP contribution in [0.2, 0.25) is 0 Å². The van der Waals surface area contributed by atoms with Crippen LogP contribution < -0.4 is 15.6 Å². The summed E-state index contributed by atoms with van der Waals surface area (Å²) in [6.07, 6.45) is 0. The van der Waals surface area contributed by atoms with Gasteiger partial charge < -0.3 is 15.0 Å². The van der Waals surface area contributed by atoms with E-state index in [-0.39, 0.29) is 11.4 Å². The zero-order valence-electron chi connectivity index (χ0n) is 13.2. The molecule has 0 saturated heterocycles. The van der Waals surface area contributed by atoms with Crippen molar-refractivity contribution in [1.29, 1.82) is 0 Å². The summed E-state index contributed by atoms with van der Waals surface area (Å²) >= 11 is 0. The van der Waals surface area contributed by atoms with Crippen molar-refractivity contribution in [2.24, 2.45) is 0 Å². The number of carbonyl (C=O) groups is 1. The first-order valence-corrected chi connectivity index (χ1v) is 7.66. The number of aromatic amines is 1. The lowest BCUT2D eigenvalue weighted by molar-refractivity contribution is 0.0940. The predicted molar refractivity (Wildman–Crippen MR) is 91.1 cm³/mol. The number of hydrogen-bond acceptors (Lipinski definition) is 4. The summed E-state index contributed by atoms with van der Waals surface area (Å²) in [5.41, 5.74) is 1.06. The van der Waals surface area contributed by atoms with Gasteiger partial charge in [0.05, 0.1) is 17.5 Å². The van der Waals surface area contributed by atoms with E-state index in [9.17, 15) is 9.59 Å². The molecule has 1 heterocycles. The Bertz CT molecular complexity index is 934. The Kier molecular flexibility index (Phi) is 4.56. The number of nitrogens with zero attached hydrogens (tertiary/aromatic N) is 1. The number of amides is 1. The average Bonchev–Trinajstić information content (AvgIpc) is 2.60. The summed E-state index contributed by atoms with van der Waals surface area (Å²) in [6, 6.07) is 14.4. The minimum absolute atomic E-state index is 0.000312. The van der Waals surface area contributed by atoms with Gasteiger partial charge in [0.1, 0.15) is 5.75 Å². The molecule has 0 unspecified atom stereocenters. The molecule has 24 heavy (non-hydrogen) atoms. The van der Waals surface area contributed by atoms with Crippen LogP contribution >= 0.6 is 0 Å². The molecule has 0 atom stereocenters.